The lowest BCUT2D eigenvalue weighted by Gasteiger charge is -2.25. The van der Waals surface area contributed by atoms with Gasteiger partial charge in [0, 0.05) is 24.8 Å². The van der Waals surface area contributed by atoms with Gasteiger partial charge in [0.1, 0.15) is 18.5 Å². The van der Waals surface area contributed by atoms with Crippen LogP contribution in [0.5, 0.6) is 5.75 Å². The van der Waals surface area contributed by atoms with Crippen LogP contribution in [0.3, 0.4) is 0 Å². The summed E-state index contributed by atoms with van der Waals surface area (Å²) >= 11 is 0. The van der Waals surface area contributed by atoms with Gasteiger partial charge in [-0.2, -0.15) is 0 Å². The van der Waals surface area contributed by atoms with Crippen molar-refractivity contribution in [3.63, 3.8) is 0 Å². The number of carbonyl (C=O) groups is 1. The zero-order valence-corrected chi connectivity index (χ0v) is 12.7. The van der Waals surface area contributed by atoms with Crippen molar-refractivity contribution in [1.82, 2.24) is 4.90 Å². The Balaban J connectivity index is 2.45. The predicted octanol–water partition coefficient (Wildman–Crippen LogP) is 0.452. The van der Waals surface area contributed by atoms with Crippen LogP contribution < -0.4 is 16.2 Å². The summed E-state index contributed by atoms with van der Waals surface area (Å²) in [6, 6.07) is 7.02. The molecule has 0 radical (unpaired) electrons. The lowest BCUT2D eigenvalue weighted by Crippen LogP contribution is -2.42. The molecule has 0 bridgehead atoms. The largest absolute Gasteiger partial charge is 0.491 e. The molecule has 0 aliphatic heterocycles. The summed E-state index contributed by atoms with van der Waals surface area (Å²) in [7, 11) is 0. The number of aliphatic hydroxyl groups excluding tert-OH is 1. The maximum absolute atomic E-state index is 11.0. The molecule has 1 rings (SSSR count). The van der Waals surface area contributed by atoms with E-state index >= 15 is 0 Å². The standard InChI is InChI=1S/C15H25N3O3/c1-11(2)7-18(9-15(17)20)8-13(19)10-21-14-5-3-4-12(16)6-14/h3-6,11,13,19H,7-10,16H2,1-2H3,(H2,17,20). The van der Waals surface area contributed by atoms with E-state index in [1.54, 1.807) is 24.3 Å². The van der Waals surface area contributed by atoms with Crippen molar-refractivity contribution < 1.29 is 14.6 Å². The van der Waals surface area contributed by atoms with Crippen molar-refractivity contribution in [3.8, 4) is 5.75 Å². The molecule has 0 aromatic heterocycles. The molecule has 118 valence electrons. The van der Waals surface area contributed by atoms with Gasteiger partial charge in [-0.1, -0.05) is 19.9 Å². The number of benzene rings is 1. The van der Waals surface area contributed by atoms with E-state index in [1.807, 2.05) is 18.7 Å². The number of nitrogens with zero attached hydrogens (tertiary/aromatic N) is 1. The Labute approximate surface area is 125 Å². The highest BCUT2D eigenvalue weighted by atomic mass is 16.5. The lowest BCUT2D eigenvalue weighted by molar-refractivity contribution is -0.119. The number of nitrogens with two attached hydrogens (primary N) is 2. The quantitative estimate of drug-likeness (QED) is 0.574. The van der Waals surface area contributed by atoms with Crippen molar-refractivity contribution in [3.05, 3.63) is 24.3 Å². The van der Waals surface area contributed by atoms with Gasteiger partial charge in [-0.25, -0.2) is 0 Å². The Morgan fingerprint density at radius 3 is 2.67 bits per heavy atom. The van der Waals surface area contributed by atoms with Gasteiger partial charge < -0.3 is 21.3 Å². The third-order valence-electron chi connectivity index (χ3n) is 2.77. The SMILES string of the molecule is CC(C)CN(CC(N)=O)CC(O)COc1cccc(N)c1. The number of amides is 1. The number of ether oxygens (including phenoxy) is 1. The molecule has 21 heavy (non-hydrogen) atoms. The molecule has 0 aliphatic rings. The maximum Gasteiger partial charge on any atom is 0.231 e. The highest BCUT2D eigenvalue weighted by molar-refractivity contribution is 5.75. The molecule has 0 heterocycles. The molecule has 0 saturated heterocycles. The Bertz CT molecular complexity index is 452. The van der Waals surface area contributed by atoms with Crippen LogP contribution in [-0.2, 0) is 4.79 Å². The summed E-state index contributed by atoms with van der Waals surface area (Å²) in [5.74, 6) is 0.588. The second kappa shape index (κ2) is 8.49. The summed E-state index contributed by atoms with van der Waals surface area (Å²) in [5, 5.41) is 10.0. The molecule has 1 unspecified atom stereocenters. The van der Waals surface area contributed by atoms with E-state index in [0.717, 1.165) is 0 Å². The van der Waals surface area contributed by atoms with Crippen LogP contribution in [0.2, 0.25) is 0 Å². The van der Waals surface area contributed by atoms with Gasteiger partial charge in [0.2, 0.25) is 5.91 Å². The molecule has 1 amide bonds. The summed E-state index contributed by atoms with van der Waals surface area (Å²) in [5.41, 5.74) is 11.5. The van der Waals surface area contributed by atoms with Crippen LogP contribution in [0, 0.1) is 5.92 Å². The van der Waals surface area contributed by atoms with E-state index in [-0.39, 0.29) is 13.2 Å². The highest BCUT2D eigenvalue weighted by Crippen LogP contribution is 2.14. The fourth-order valence-electron chi connectivity index (χ4n) is 2.09. The van der Waals surface area contributed by atoms with E-state index in [9.17, 15) is 9.90 Å². The van der Waals surface area contributed by atoms with Crippen molar-refractivity contribution in [2.75, 3.05) is 32.0 Å². The van der Waals surface area contributed by atoms with E-state index in [1.165, 1.54) is 0 Å². The summed E-state index contributed by atoms with van der Waals surface area (Å²) < 4.78 is 5.49. The number of hydrogen-bond donors (Lipinski definition) is 3. The zero-order chi connectivity index (χ0) is 15.8. The van der Waals surface area contributed by atoms with Crippen LogP contribution >= 0.6 is 0 Å². The molecular weight excluding hydrogens is 270 g/mol. The predicted molar refractivity (Wildman–Crippen MR) is 82.8 cm³/mol. The fourth-order valence-corrected chi connectivity index (χ4v) is 2.09. The Morgan fingerprint density at radius 2 is 2.10 bits per heavy atom. The maximum atomic E-state index is 11.0. The molecule has 5 N–H and O–H groups in total. The second-order valence-corrected chi connectivity index (χ2v) is 5.59. The van der Waals surface area contributed by atoms with Crippen LogP contribution in [0.1, 0.15) is 13.8 Å². The number of nitrogen functional groups attached to an aromatic ring is 1. The second-order valence-electron chi connectivity index (χ2n) is 5.59. The summed E-state index contributed by atoms with van der Waals surface area (Å²) in [6.07, 6.45) is -0.704. The third kappa shape index (κ3) is 7.53. The average Bonchev–Trinajstić information content (AvgIpc) is 2.34. The Kier molecular flexibility index (Phi) is 6.98. The van der Waals surface area contributed by atoms with E-state index in [2.05, 4.69) is 0 Å². The van der Waals surface area contributed by atoms with Crippen LogP contribution in [0.15, 0.2) is 24.3 Å². The smallest absolute Gasteiger partial charge is 0.231 e. The van der Waals surface area contributed by atoms with Gasteiger partial charge in [0.15, 0.2) is 0 Å². The third-order valence-corrected chi connectivity index (χ3v) is 2.77. The number of carbonyl (C=O) groups excluding carboxylic acids is 1. The summed E-state index contributed by atoms with van der Waals surface area (Å²) in [4.78, 5) is 12.9. The van der Waals surface area contributed by atoms with E-state index < -0.39 is 12.0 Å². The first-order chi connectivity index (χ1) is 9.86. The van der Waals surface area contributed by atoms with Gasteiger partial charge in [0.25, 0.3) is 0 Å². The van der Waals surface area contributed by atoms with Gasteiger partial charge >= 0.3 is 0 Å². The topological polar surface area (TPSA) is 102 Å². The molecule has 6 nitrogen and oxygen atoms in total. The van der Waals surface area contributed by atoms with Crippen molar-refractivity contribution in [2.24, 2.45) is 11.7 Å². The molecular formula is C15H25N3O3. The normalized spacial score (nSPS) is 12.6. The van der Waals surface area contributed by atoms with E-state index in [4.69, 9.17) is 16.2 Å². The van der Waals surface area contributed by atoms with Crippen LogP contribution in [0.25, 0.3) is 0 Å². The monoisotopic (exact) mass is 295 g/mol. The number of hydrogen-bond acceptors (Lipinski definition) is 5. The van der Waals surface area contributed by atoms with Gasteiger partial charge in [-0.3, -0.25) is 9.69 Å². The number of anilines is 1. The number of rotatable bonds is 9. The van der Waals surface area contributed by atoms with Gasteiger partial charge in [0.05, 0.1) is 6.54 Å². The first-order valence-electron chi connectivity index (χ1n) is 7.04. The Morgan fingerprint density at radius 1 is 1.38 bits per heavy atom. The first kappa shape index (κ1) is 17.3. The van der Waals surface area contributed by atoms with Crippen molar-refractivity contribution in [1.29, 1.82) is 0 Å². The molecule has 1 atom stereocenters. The zero-order valence-electron chi connectivity index (χ0n) is 12.7. The van der Waals surface area contributed by atoms with Gasteiger partial charge in [-0.05, 0) is 18.1 Å². The molecule has 0 spiro atoms. The lowest BCUT2D eigenvalue weighted by atomic mass is 10.2. The van der Waals surface area contributed by atoms with E-state index in [0.29, 0.717) is 30.4 Å². The first-order valence-corrected chi connectivity index (χ1v) is 7.04. The minimum atomic E-state index is -0.704. The average molecular weight is 295 g/mol. The van der Waals surface area contributed by atoms with Crippen LogP contribution in [0.4, 0.5) is 5.69 Å². The highest BCUT2D eigenvalue weighted by Gasteiger charge is 2.15. The Hall–Kier alpha value is -1.79. The molecule has 0 saturated carbocycles. The number of aliphatic hydroxyl groups is 1. The molecule has 0 aliphatic carbocycles. The minimum Gasteiger partial charge on any atom is -0.491 e. The minimum absolute atomic E-state index is 0.132. The molecule has 1 aromatic rings. The van der Waals surface area contributed by atoms with Gasteiger partial charge in [-0.15, -0.1) is 0 Å². The molecule has 6 heteroatoms. The summed E-state index contributed by atoms with van der Waals surface area (Å²) in [6.45, 7) is 5.39. The van der Waals surface area contributed by atoms with Crippen molar-refractivity contribution >= 4 is 11.6 Å². The fraction of sp³-hybridized carbons (Fsp3) is 0.533. The molecule has 1 aromatic carbocycles. The molecule has 0 fully saturated rings. The number of primary amides is 1. The van der Waals surface area contributed by atoms with Crippen LogP contribution in [-0.4, -0.2) is 48.3 Å². The van der Waals surface area contributed by atoms with Crippen molar-refractivity contribution in [2.45, 2.75) is 20.0 Å².